The van der Waals surface area contributed by atoms with Crippen molar-refractivity contribution in [3.8, 4) is 5.75 Å². The Kier molecular flexibility index (Phi) is 1.21. The molecule has 2 aromatic rings. The number of nitrogens with one attached hydrogen (secondary N) is 2. The summed E-state index contributed by atoms with van der Waals surface area (Å²) in [6.45, 7) is 0. The molecular formula is C7H5FN2O2. The fraction of sp³-hybridized carbons (Fsp3) is 0. The summed E-state index contributed by atoms with van der Waals surface area (Å²) in [5.74, 6) is -0.942. The Morgan fingerprint density at radius 2 is 2.08 bits per heavy atom. The molecule has 1 aromatic heterocycles. The third-order valence-corrected chi connectivity index (χ3v) is 1.62. The first-order valence-electron chi connectivity index (χ1n) is 3.27. The Balaban J connectivity index is 3.03. The van der Waals surface area contributed by atoms with Gasteiger partial charge in [-0.05, 0) is 6.07 Å². The normalized spacial score (nSPS) is 10.8. The van der Waals surface area contributed by atoms with Crippen LogP contribution in [0.1, 0.15) is 0 Å². The second-order valence-corrected chi connectivity index (χ2v) is 2.43. The van der Waals surface area contributed by atoms with E-state index in [0.29, 0.717) is 0 Å². The Bertz CT molecular complexity index is 486. The van der Waals surface area contributed by atoms with E-state index in [9.17, 15) is 9.18 Å². The van der Waals surface area contributed by atoms with Gasteiger partial charge in [0, 0.05) is 6.07 Å². The summed E-state index contributed by atoms with van der Waals surface area (Å²) in [6, 6.07) is 2.03. The molecule has 1 aromatic carbocycles. The van der Waals surface area contributed by atoms with E-state index in [4.69, 9.17) is 5.11 Å². The van der Waals surface area contributed by atoms with Crippen LogP contribution in [-0.2, 0) is 0 Å². The number of aromatic nitrogens is 2. The molecule has 3 N–H and O–H groups in total. The Labute approximate surface area is 65.6 Å². The summed E-state index contributed by atoms with van der Waals surface area (Å²) in [6.07, 6.45) is 0. The van der Waals surface area contributed by atoms with Crippen LogP contribution >= 0.6 is 0 Å². The highest BCUT2D eigenvalue weighted by atomic mass is 19.1. The van der Waals surface area contributed by atoms with Gasteiger partial charge >= 0.3 is 0 Å². The molecule has 1 heterocycles. The Morgan fingerprint density at radius 1 is 1.33 bits per heavy atom. The number of fused-ring (bicyclic) bond motifs is 1. The van der Waals surface area contributed by atoms with Gasteiger partial charge in [-0.3, -0.25) is 15.0 Å². The van der Waals surface area contributed by atoms with E-state index in [-0.39, 0.29) is 16.7 Å². The fourth-order valence-electron chi connectivity index (χ4n) is 1.12. The lowest BCUT2D eigenvalue weighted by molar-refractivity contribution is 0.475. The largest absolute Gasteiger partial charge is 0.507 e. The molecule has 0 spiro atoms. The van der Waals surface area contributed by atoms with Crippen molar-refractivity contribution >= 4 is 10.9 Å². The number of rotatable bonds is 0. The number of halogens is 1. The topological polar surface area (TPSA) is 68.9 Å². The highest BCUT2D eigenvalue weighted by molar-refractivity contribution is 5.83. The number of phenols is 1. The van der Waals surface area contributed by atoms with Crippen LogP contribution < -0.4 is 5.56 Å². The summed E-state index contributed by atoms with van der Waals surface area (Å²) in [4.78, 5) is 10.9. The first-order chi connectivity index (χ1) is 5.68. The van der Waals surface area contributed by atoms with Gasteiger partial charge in [0.15, 0.2) is 0 Å². The van der Waals surface area contributed by atoms with Gasteiger partial charge in [-0.1, -0.05) is 0 Å². The maximum atomic E-state index is 12.6. The molecule has 0 saturated carbocycles. The molecule has 12 heavy (non-hydrogen) atoms. The van der Waals surface area contributed by atoms with Crippen molar-refractivity contribution in [3.05, 3.63) is 28.3 Å². The van der Waals surface area contributed by atoms with Gasteiger partial charge in [0.05, 0.1) is 5.52 Å². The minimum atomic E-state index is -0.588. The van der Waals surface area contributed by atoms with E-state index in [0.717, 1.165) is 12.1 Å². The molecule has 5 heteroatoms. The first-order valence-corrected chi connectivity index (χ1v) is 3.27. The second kappa shape index (κ2) is 2.10. The third-order valence-electron chi connectivity index (χ3n) is 1.62. The van der Waals surface area contributed by atoms with E-state index < -0.39 is 11.4 Å². The van der Waals surface area contributed by atoms with Crippen molar-refractivity contribution in [1.82, 2.24) is 10.2 Å². The summed E-state index contributed by atoms with van der Waals surface area (Å²) in [5, 5.41) is 13.9. The average Bonchev–Trinajstić information content (AvgIpc) is 2.31. The lowest BCUT2D eigenvalue weighted by Gasteiger charge is -1.92. The van der Waals surface area contributed by atoms with Crippen LogP contribution in [0, 0.1) is 5.82 Å². The number of benzene rings is 1. The number of aromatic hydroxyl groups is 1. The fourth-order valence-corrected chi connectivity index (χ4v) is 1.12. The van der Waals surface area contributed by atoms with Crippen LogP contribution in [0.5, 0.6) is 5.75 Å². The third kappa shape index (κ3) is 0.795. The first kappa shape index (κ1) is 6.90. The predicted molar refractivity (Wildman–Crippen MR) is 40.5 cm³/mol. The van der Waals surface area contributed by atoms with Crippen molar-refractivity contribution in [1.29, 1.82) is 0 Å². The van der Waals surface area contributed by atoms with Crippen molar-refractivity contribution in [3.63, 3.8) is 0 Å². The van der Waals surface area contributed by atoms with E-state index in [1.165, 1.54) is 0 Å². The van der Waals surface area contributed by atoms with Crippen molar-refractivity contribution in [2.45, 2.75) is 0 Å². The molecule has 0 aliphatic heterocycles. The second-order valence-electron chi connectivity index (χ2n) is 2.43. The van der Waals surface area contributed by atoms with Crippen LogP contribution in [0.2, 0.25) is 0 Å². The van der Waals surface area contributed by atoms with Gasteiger partial charge in [0.2, 0.25) is 0 Å². The van der Waals surface area contributed by atoms with Crippen LogP contribution in [0.3, 0.4) is 0 Å². The lowest BCUT2D eigenvalue weighted by atomic mass is 10.2. The SMILES string of the molecule is O=c1[nH][nH]c2cc(F)cc(O)c12. The zero-order valence-corrected chi connectivity index (χ0v) is 5.89. The maximum absolute atomic E-state index is 12.6. The van der Waals surface area contributed by atoms with Gasteiger partial charge in [0.25, 0.3) is 5.56 Å². The van der Waals surface area contributed by atoms with Crippen LogP contribution in [-0.4, -0.2) is 15.3 Å². The number of hydrogen-bond acceptors (Lipinski definition) is 2. The van der Waals surface area contributed by atoms with Gasteiger partial charge in [-0.15, -0.1) is 0 Å². The summed E-state index contributed by atoms with van der Waals surface area (Å²) >= 11 is 0. The highest BCUT2D eigenvalue weighted by Gasteiger charge is 2.07. The molecule has 0 atom stereocenters. The highest BCUT2D eigenvalue weighted by Crippen LogP contribution is 2.20. The number of hydrogen-bond donors (Lipinski definition) is 3. The molecule has 62 valence electrons. The molecule has 0 unspecified atom stereocenters. The molecule has 0 bridgehead atoms. The Hall–Kier alpha value is -1.78. The predicted octanol–water partition coefficient (Wildman–Crippen LogP) is 0.701. The van der Waals surface area contributed by atoms with Gasteiger partial charge in [0.1, 0.15) is 17.0 Å². The standard InChI is InChI=1S/C7H5FN2O2/c8-3-1-4-6(5(11)2-3)7(12)10-9-4/h1-2,11H,(H2,9,10,12). The van der Waals surface area contributed by atoms with Gasteiger partial charge < -0.3 is 5.11 Å². The van der Waals surface area contributed by atoms with Gasteiger partial charge in [-0.25, -0.2) is 4.39 Å². The number of phenolic OH excluding ortho intramolecular Hbond substituents is 1. The number of aromatic amines is 2. The summed E-state index contributed by atoms with van der Waals surface area (Å²) in [7, 11) is 0. The van der Waals surface area contributed by atoms with Crippen LogP contribution in [0.15, 0.2) is 16.9 Å². The zero-order chi connectivity index (χ0) is 8.72. The Morgan fingerprint density at radius 3 is 2.83 bits per heavy atom. The molecule has 0 aliphatic rings. The van der Waals surface area contributed by atoms with Crippen LogP contribution in [0.4, 0.5) is 4.39 Å². The van der Waals surface area contributed by atoms with E-state index >= 15 is 0 Å². The maximum Gasteiger partial charge on any atom is 0.275 e. The van der Waals surface area contributed by atoms with Gasteiger partial charge in [-0.2, -0.15) is 0 Å². The zero-order valence-electron chi connectivity index (χ0n) is 5.89. The minimum Gasteiger partial charge on any atom is -0.507 e. The molecule has 0 saturated heterocycles. The molecule has 0 radical (unpaired) electrons. The molecule has 4 nitrogen and oxygen atoms in total. The molecule has 0 fully saturated rings. The van der Waals surface area contributed by atoms with Crippen molar-refractivity contribution < 1.29 is 9.50 Å². The number of H-pyrrole nitrogens is 2. The average molecular weight is 168 g/mol. The quantitative estimate of drug-likeness (QED) is 0.542. The minimum absolute atomic E-state index is 0.0800. The molecule has 0 aliphatic carbocycles. The summed E-state index contributed by atoms with van der Waals surface area (Å²) < 4.78 is 12.6. The van der Waals surface area contributed by atoms with E-state index in [1.54, 1.807) is 0 Å². The van der Waals surface area contributed by atoms with Crippen LogP contribution in [0.25, 0.3) is 10.9 Å². The smallest absolute Gasteiger partial charge is 0.275 e. The van der Waals surface area contributed by atoms with Crippen molar-refractivity contribution in [2.75, 3.05) is 0 Å². The van der Waals surface area contributed by atoms with Crippen molar-refractivity contribution in [2.24, 2.45) is 0 Å². The van der Waals surface area contributed by atoms with E-state index in [2.05, 4.69) is 10.2 Å². The summed E-state index contributed by atoms with van der Waals surface area (Å²) in [5.41, 5.74) is -0.194. The molecule has 0 amide bonds. The molecular weight excluding hydrogens is 163 g/mol. The molecule has 2 rings (SSSR count). The van der Waals surface area contributed by atoms with E-state index in [1.807, 2.05) is 0 Å². The lowest BCUT2D eigenvalue weighted by Crippen LogP contribution is -1.97. The monoisotopic (exact) mass is 168 g/mol.